The fourth-order valence-corrected chi connectivity index (χ4v) is 1.35. The first kappa shape index (κ1) is 12.4. The third-order valence-electron chi connectivity index (χ3n) is 2.21. The monoisotopic (exact) mass is 242 g/mol. The fourth-order valence-electron chi connectivity index (χ4n) is 1.19. The van der Waals surface area contributed by atoms with Gasteiger partial charge in [0.05, 0.1) is 4.92 Å². The van der Waals surface area contributed by atoms with Crippen LogP contribution in [-0.2, 0) is 0 Å². The van der Waals surface area contributed by atoms with Crippen LogP contribution < -0.4 is 0 Å². The summed E-state index contributed by atoms with van der Waals surface area (Å²) in [5, 5.41) is 11.0. The molecule has 0 aromatic heterocycles. The second-order valence-electron chi connectivity index (χ2n) is 3.24. The van der Waals surface area contributed by atoms with Crippen molar-refractivity contribution < 1.29 is 9.72 Å². The summed E-state index contributed by atoms with van der Waals surface area (Å²) in [5.41, 5.74) is -0.212. The molecular weight excluding hydrogens is 232 g/mol. The molecule has 1 aromatic carbocycles. The molecule has 0 spiro atoms. The molecule has 0 unspecified atom stereocenters. The van der Waals surface area contributed by atoms with Crippen molar-refractivity contribution in [3.8, 4) is 0 Å². The predicted molar refractivity (Wildman–Crippen MR) is 60.7 cm³/mol. The Kier molecular flexibility index (Phi) is 3.84. The lowest BCUT2D eigenvalue weighted by Gasteiger charge is -2.14. The zero-order valence-corrected chi connectivity index (χ0v) is 9.69. The highest BCUT2D eigenvalue weighted by Gasteiger charge is 2.22. The molecule has 6 heteroatoms. The maximum absolute atomic E-state index is 11.8. The van der Waals surface area contributed by atoms with Crippen LogP contribution in [0.15, 0.2) is 18.2 Å². The summed E-state index contributed by atoms with van der Waals surface area (Å²) in [7, 11) is 1.58. The number of nitro benzene ring substituents is 1. The van der Waals surface area contributed by atoms with E-state index in [1.807, 2.05) is 0 Å². The van der Waals surface area contributed by atoms with Crippen LogP contribution in [-0.4, -0.2) is 29.3 Å². The van der Waals surface area contributed by atoms with Crippen LogP contribution in [0.4, 0.5) is 5.69 Å². The lowest BCUT2D eigenvalue weighted by atomic mass is 10.1. The van der Waals surface area contributed by atoms with E-state index in [2.05, 4.69) is 0 Å². The van der Waals surface area contributed by atoms with Crippen LogP contribution in [0.2, 0.25) is 5.02 Å². The number of carbonyl (C=O) groups excluding carboxylic acids is 1. The van der Waals surface area contributed by atoms with Crippen molar-refractivity contribution in [2.75, 3.05) is 13.6 Å². The second-order valence-corrected chi connectivity index (χ2v) is 3.67. The van der Waals surface area contributed by atoms with Gasteiger partial charge in [-0.1, -0.05) is 11.6 Å². The summed E-state index contributed by atoms with van der Waals surface area (Å²) in [6, 6.07) is 4.01. The van der Waals surface area contributed by atoms with Crippen molar-refractivity contribution in [3.63, 3.8) is 0 Å². The third-order valence-corrected chi connectivity index (χ3v) is 2.44. The molecule has 1 aromatic rings. The van der Waals surface area contributed by atoms with Crippen molar-refractivity contribution in [3.05, 3.63) is 38.9 Å². The van der Waals surface area contributed by atoms with Gasteiger partial charge in [-0.2, -0.15) is 0 Å². The van der Waals surface area contributed by atoms with E-state index in [0.717, 1.165) is 0 Å². The van der Waals surface area contributed by atoms with Crippen molar-refractivity contribution in [2.24, 2.45) is 0 Å². The van der Waals surface area contributed by atoms with Gasteiger partial charge in [0.1, 0.15) is 5.56 Å². The molecule has 0 aliphatic carbocycles. The van der Waals surface area contributed by atoms with E-state index in [4.69, 9.17) is 11.6 Å². The molecule has 0 fully saturated rings. The van der Waals surface area contributed by atoms with Gasteiger partial charge >= 0.3 is 0 Å². The first-order chi connectivity index (χ1) is 7.47. The minimum absolute atomic E-state index is 0.0544. The Morgan fingerprint density at radius 3 is 2.69 bits per heavy atom. The van der Waals surface area contributed by atoms with Gasteiger partial charge in [-0.05, 0) is 19.1 Å². The summed E-state index contributed by atoms with van der Waals surface area (Å²) in [6.07, 6.45) is 0. The van der Waals surface area contributed by atoms with Gasteiger partial charge in [0.2, 0.25) is 0 Å². The molecule has 86 valence electrons. The first-order valence-electron chi connectivity index (χ1n) is 4.66. The first-order valence-corrected chi connectivity index (χ1v) is 5.04. The van der Waals surface area contributed by atoms with Gasteiger partial charge in [-0.25, -0.2) is 0 Å². The number of rotatable bonds is 3. The number of carbonyl (C=O) groups is 1. The maximum Gasteiger partial charge on any atom is 0.283 e. The normalized spacial score (nSPS) is 9.94. The van der Waals surface area contributed by atoms with Crippen LogP contribution in [0.25, 0.3) is 0 Å². The zero-order valence-electron chi connectivity index (χ0n) is 8.94. The van der Waals surface area contributed by atoms with Crippen molar-refractivity contribution in [1.82, 2.24) is 4.90 Å². The van der Waals surface area contributed by atoms with E-state index >= 15 is 0 Å². The maximum atomic E-state index is 11.8. The molecule has 0 aliphatic rings. The lowest BCUT2D eigenvalue weighted by molar-refractivity contribution is -0.385. The van der Waals surface area contributed by atoms with Gasteiger partial charge in [0, 0.05) is 24.7 Å². The van der Waals surface area contributed by atoms with Crippen molar-refractivity contribution >= 4 is 23.2 Å². The molecule has 1 rings (SSSR count). The fraction of sp³-hybridized carbons (Fsp3) is 0.300. The minimum Gasteiger partial charge on any atom is -0.342 e. The number of nitrogens with zero attached hydrogens (tertiary/aromatic N) is 2. The highest BCUT2D eigenvalue weighted by Crippen LogP contribution is 2.24. The number of hydrogen-bond donors (Lipinski definition) is 0. The van der Waals surface area contributed by atoms with E-state index in [1.165, 1.54) is 23.1 Å². The Hall–Kier alpha value is -1.62. The second kappa shape index (κ2) is 4.94. The largest absolute Gasteiger partial charge is 0.342 e. The van der Waals surface area contributed by atoms with Crippen LogP contribution in [0, 0.1) is 10.1 Å². The minimum atomic E-state index is -0.609. The highest BCUT2D eigenvalue weighted by molar-refractivity contribution is 6.31. The summed E-state index contributed by atoms with van der Waals surface area (Å²) in [4.78, 5) is 23.3. The topological polar surface area (TPSA) is 63.5 Å². The SMILES string of the molecule is CCN(C)C(=O)c1ccc(Cl)cc1[N+](=O)[O-]. The molecular formula is C10H11ClN2O3. The molecule has 0 bridgehead atoms. The molecule has 0 aliphatic heterocycles. The molecule has 0 saturated carbocycles. The Balaban J connectivity index is 3.23. The Morgan fingerprint density at radius 2 is 2.19 bits per heavy atom. The van der Waals surface area contributed by atoms with Crippen LogP contribution in [0.1, 0.15) is 17.3 Å². The molecule has 0 heterocycles. The highest BCUT2D eigenvalue weighted by atomic mass is 35.5. The zero-order chi connectivity index (χ0) is 12.3. The van der Waals surface area contributed by atoms with Crippen molar-refractivity contribution in [2.45, 2.75) is 6.92 Å². The van der Waals surface area contributed by atoms with E-state index in [1.54, 1.807) is 14.0 Å². The molecule has 0 saturated heterocycles. The number of nitro groups is 1. The number of benzene rings is 1. The quantitative estimate of drug-likeness (QED) is 0.604. The Labute approximate surface area is 97.8 Å². The Morgan fingerprint density at radius 1 is 1.56 bits per heavy atom. The number of halogens is 1. The average molecular weight is 243 g/mol. The molecule has 0 radical (unpaired) electrons. The van der Waals surface area contributed by atoms with Gasteiger partial charge in [-0.3, -0.25) is 14.9 Å². The average Bonchev–Trinajstić information content (AvgIpc) is 2.26. The van der Waals surface area contributed by atoms with Gasteiger partial charge < -0.3 is 4.90 Å². The molecule has 1 amide bonds. The standard InChI is InChI=1S/C10H11ClN2O3/c1-3-12(2)10(14)8-5-4-7(11)6-9(8)13(15)16/h4-6H,3H2,1-2H3. The smallest absolute Gasteiger partial charge is 0.283 e. The predicted octanol–water partition coefficient (Wildman–Crippen LogP) is 2.34. The van der Waals surface area contributed by atoms with E-state index in [0.29, 0.717) is 6.54 Å². The summed E-state index contributed by atoms with van der Waals surface area (Å²) >= 11 is 5.65. The van der Waals surface area contributed by atoms with E-state index in [9.17, 15) is 14.9 Å². The molecule has 16 heavy (non-hydrogen) atoms. The Bertz CT molecular complexity index is 434. The van der Waals surface area contributed by atoms with Crippen LogP contribution in [0.3, 0.4) is 0 Å². The van der Waals surface area contributed by atoms with Crippen LogP contribution in [0.5, 0.6) is 0 Å². The van der Waals surface area contributed by atoms with Gasteiger partial charge in [0.25, 0.3) is 11.6 Å². The molecule has 0 atom stereocenters. The van der Waals surface area contributed by atoms with E-state index < -0.39 is 4.92 Å². The lowest BCUT2D eigenvalue weighted by Crippen LogP contribution is -2.26. The van der Waals surface area contributed by atoms with E-state index in [-0.39, 0.29) is 22.2 Å². The number of hydrogen-bond acceptors (Lipinski definition) is 3. The van der Waals surface area contributed by atoms with Crippen molar-refractivity contribution in [1.29, 1.82) is 0 Å². The molecule has 0 N–H and O–H groups in total. The van der Waals surface area contributed by atoms with Crippen LogP contribution >= 0.6 is 11.6 Å². The van der Waals surface area contributed by atoms with Gasteiger partial charge in [-0.15, -0.1) is 0 Å². The third kappa shape index (κ3) is 2.49. The van der Waals surface area contributed by atoms with Gasteiger partial charge in [0.15, 0.2) is 0 Å². The summed E-state index contributed by atoms with van der Waals surface area (Å²) in [6.45, 7) is 2.28. The summed E-state index contributed by atoms with van der Waals surface area (Å²) < 4.78 is 0. The molecule has 5 nitrogen and oxygen atoms in total. The summed E-state index contributed by atoms with van der Waals surface area (Å²) in [5.74, 6) is -0.383. The number of amides is 1.